The average Bonchev–Trinajstić information content (AvgIpc) is 2.50. The van der Waals surface area contributed by atoms with Crippen molar-refractivity contribution in [3.63, 3.8) is 0 Å². The molecule has 0 saturated heterocycles. The molecule has 1 aromatic rings. The molecule has 0 fully saturated rings. The molecule has 0 aliphatic rings. The second kappa shape index (κ2) is 12.0. The Morgan fingerprint density at radius 1 is 1.23 bits per heavy atom. The predicted molar refractivity (Wildman–Crippen MR) is 101 cm³/mol. The standard InChI is InChI=1S/C14H23N5O2.HI/c1-3-4-9-17-14(15-2)18-11-10-16-12-7-5-6-8-13(12)19(20)21;/h5-8,16H,3-4,9-11H2,1-2H3,(H2,15,17,18);1H. The number of halogens is 1. The van der Waals surface area contributed by atoms with Crippen molar-refractivity contribution < 1.29 is 4.92 Å². The van der Waals surface area contributed by atoms with E-state index in [1.54, 1.807) is 25.2 Å². The number of para-hydroxylation sites is 2. The molecule has 0 radical (unpaired) electrons. The van der Waals surface area contributed by atoms with Crippen LogP contribution in [0.2, 0.25) is 0 Å². The van der Waals surface area contributed by atoms with Crippen LogP contribution in [-0.4, -0.2) is 37.6 Å². The van der Waals surface area contributed by atoms with E-state index in [0.29, 0.717) is 18.8 Å². The maximum absolute atomic E-state index is 10.9. The number of rotatable bonds is 8. The van der Waals surface area contributed by atoms with Gasteiger partial charge in [-0.3, -0.25) is 15.1 Å². The van der Waals surface area contributed by atoms with Crippen molar-refractivity contribution in [2.75, 3.05) is 32.0 Å². The van der Waals surface area contributed by atoms with Gasteiger partial charge < -0.3 is 16.0 Å². The van der Waals surface area contributed by atoms with Gasteiger partial charge in [0.15, 0.2) is 5.96 Å². The molecule has 3 N–H and O–H groups in total. The maximum Gasteiger partial charge on any atom is 0.292 e. The molecule has 124 valence electrons. The van der Waals surface area contributed by atoms with Gasteiger partial charge in [-0.15, -0.1) is 24.0 Å². The number of nitro benzene ring substituents is 1. The number of guanidine groups is 1. The topological polar surface area (TPSA) is 91.6 Å². The van der Waals surface area contributed by atoms with Crippen LogP contribution in [0.1, 0.15) is 19.8 Å². The highest BCUT2D eigenvalue weighted by molar-refractivity contribution is 14.0. The summed E-state index contributed by atoms with van der Waals surface area (Å²) in [6.45, 7) is 4.21. The molecule has 7 nitrogen and oxygen atoms in total. The zero-order valence-electron chi connectivity index (χ0n) is 13.0. The predicted octanol–water partition coefficient (Wildman–Crippen LogP) is 2.59. The highest BCUT2D eigenvalue weighted by Gasteiger charge is 2.11. The van der Waals surface area contributed by atoms with Crippen molar-refractivity contribution in [2.45, 2.75) is 19.8 Å². The smallest absolute Gasteiger partial charge is 0.292 e. The minimum atomic E-state index is -0.388. The Balaban J connectivity index is 0.00000441. The van der Waals surface area contributed by atoms with Crippen LogP contribution in [0.3, 0.4) is 0 Å². The number of nitrogens with one attached hydrogen (secondary N) is 3. The lowest BCUT2D eigenvalue weighted by Gasteiger charge is -2.12. The number of anilines is 1. The Kier molecular flexibility index (Phi) is 11.2. The first-order valence-corrected chi connectivity index (χ1v) is 7.10. The van der Waals surface area contributed by atoms with E-state index in [1.807, 2.05) is 0 Å². The summed E-state index contributed by atoms with van der Waals surface area (Å²) in [6.07, 6.45) is 2.22. The third kappa shape index (κ3) is 7.43. The number of hydrogen-bond donors (Lipinski definition) is 3. The molecule has 0 unspecified atom stereocenters. The fraction of sp³-hybridized carbons (Fsp3) is 0.500. The number of aliphatic imine (C=N–C) groups is 1. The lowest BCUT2D eigenvalue weighted by atomic mass is 10.2. The quantitative estimate of drug-likeness (QED) is 0.150. The van der Waals surface area contributed by atoms with Crippen LogP contribution in [0.25, 0.3) is 0 Å². The molecule has 22 heavy (non-hydrogen) atoms. The zero-order valence-corrected chi connectivity index (χ0v) is 15.3. The molecule has 0 aliphatic heterocycles. The van der Waals surface area contributed by atoms with Gasteiger partial charge in [-0.25, -0.2) is 0 Å². The summed E-state index contributed by atoms with van der Waals surface area (Å²) in [5, 5.41) is 20.3. The van der Waals surface area contributed by atoms with E-state index in [2.05, 4.69) is 27.9 Å². The van der Waals surface area contributed by atoms with E-state index < -0.39 is 0 Å². The molecule has 0 heterocycles. The molecule has 0 amide bonds. The number of hydrogen-bond acceptors (Lipinski definition) is 4. The lowest BCUT2D eigenvalue weighted by Crippen LogP contribution is -2.39. The Hall–Kier alpha value is -1.58. The third-order valence-electron chi connectivity index (χ3n) is 2.88. The summed E-state index contributed by atoms with van der Waals surface area (Å²) < 4.78 is 0. The first-order chi connectivity index (χ1) is 10.2. The molecule has 8 heteroatoms. The Labute approximate surface area is 148 Å². The minimum Gasteiger partial charge on any atom is -0.378 e. The molecule has 0 aromatic heterocycles. The summed E-state index contributed by atoms with van der Waals surface area (Å²) in [7, 11) is 1.72. The number of nitrogens with zero attached hydrogens (tertiary/aromatic N) is 2. The molecule has 0 aliphatic carbocycles. The Morgan fingerprint density at radius 2 is 1.91 bits per heavy atom. The monoisotopic (exact) mass is 421 g/mol. The van der Waals surface area contributed by atoms with E-state index in [0.717, 1.165) is 25.3 Å². The molecule has 0 saturated carbocycles. The minimum absolute atomic E-state index is 0. The van der Waals surface area contributed by atoms with Gasteiger partial charge in [0, 0.05) is 32.7 Å². The van der Waals surface area contributed by atoms with Crippen LogP contribution in [0.4, 0.5) is 11.4 Å². The van der Waals surface area contributed by atoms with Crippen molar-refractivity contribution in [1.82, 2.24) is 10.6 Å². The van der Waals surface area contributed by atoms with Crippen LogP contribution in [0.15, 0.2) is 29.3 Å². The number of nitro groups is 1. The fourth-order valence-electron chi connectivity index (χ4n) is 1.76. The highest BCUT2D eigenvalue weighted by Crippen LogP contribution is 2.22. The second-order valence-corrected chi connectivity index (χ2v) is 4.48. The van der Waals surface area contributed by atoms with E-state index in [9.17, 15) is 10.1 Å². The molecular formula is C14H24IN5O2. The molecule has 1 aromatic carbocycles. The Bertz CT molecular complexity index is 482. The van der Waals surface area contributed by atoms with Crippen LogP contribution < -0.4 is 16.0 Å². The van der Waals surface area contributed by atoms with Gasteiger partial charge in [-0.05, 0) is 12.5 Å². The summed E-state index contributed by atoms with van der Waals surface area (Å²) in [4.78, 5) is 14.6. The van der Waals surface area contributed by atoms with Gasteiger partial charge in [0.25, 0.3) is 5.69 Å². The van der Waals surface area contributed by atoms with Crippen molar-refractivity contribution in [3.8, 4) is 0 Å². The fourth-order valence-corrected chi connectivity index (χ4v) is 1.76. The summed E-state index contributed by atoms with van der Waals surface area (Å²) >= 11 is 0. The molecule has 0 atom stereocenters. The van der Waals surface area contributed by atoms with Gasteiger partial charge in [-0.2, -0.15) is 0 Å². The van der Waals surface area contributed by atoms with Crippen molar-refractivity contribution in [1.29, 1.82) is 0 Å². The summed E-state index contributed by atoms with van der Waals surface area (Å²) in [5.41, 5.74) is 0.612. The van der Waals surface area contributed by atoms with Crippen molar-refractivity contribution in [3.05, 3.63) is 34.4 Å². The average molecular weight is 421 g/mol. The van der Waals surface area contributed by atoms with E-state index in [-0.39, 0.29) is 34.6 Å². The molecule has 1 rings (SSSR count). The van der Waals surface area contributed by atoms with Crippen LogP contribution >= 0.6 is 24.0 Å². The van der Waals surface area contributed by atoms with Gasteiger partial charge in [0.1, 0.15) is 5.69 Å². The second-order valence-electron chi connectivity index (χ2n) is 4.48. The normalized spacial score (nSPS) is 10.5. The van der Waals surface area contributed by atoms with Crippen LogP contribution in [0.5, 0.6) is 0 Å². The van der Waals surface area contributed by atoms with Gasteiger partial charge in [0.2, 0.25) is 0 Å². The third-order valence-corrected chi connectivity index (χ3v) is 2.88. The van der Waals surface area contributed by atoms with Gasteiger partial charge >= 0.3 is 0 Å². The first kappa shape index (κ1) is 20.4. The van der Waals surface area contributed by atoms with E-state index in [4.69, 9.17) is 0 Å². The number of unbranched alkanes of at least 4 members (excludes halogenated alkanes) is 1. The molecule has 0 bridgehead atoms. The first-order valence-electron chi connectivity index (χ1n) is 7.10. The summed E-state index contributed by atoms with van der Waals surface area (Å²) in [6, 6.07) is 6.61. The SMILES string of the molecule is CCCCNC(=NC)NCCNc1ccccc1[N+](=O)[O-].I. The zero-order chi connectivity index (χ0) is 15.5. The largest absolute Gasteiger partial charge is 0.378 e. The highest BCUT2D eigenvalue weighted by atomic mass is 127. The van der Waals surface area contributed by atoms with Gasteiger partial charge in [0.05, 0.1) is 4.92 Å². The van der Waals surface area contributed by atoms with E-state index in [1.165, 1.54) is 6.07 Å². The van der Waals surface area contributed by atoms with Crippen LogP contribution in [-0.2, 0) is 0 Å². The molecular weight excluding hydrogens is 397 g/mol. The van der Waals surface area contributed by atoms with Gasteiger partial charge in [-0.1, -0.05) is 25.5 Å². The van der Waals surface area contributed by atoms with Crippen molar-refractivity contribution >= 4 is 41.3 Å². The van der Waals surface area contributed by atoms with Crippen molar-refractivity contribution in [2.24, 2.45) is 4.99 Å². The number of benzene rings is 1. The summed E-state index contributed by atoms with van der Waals surface area (Å²) in [5.74, 6) is 0.743. The molecule has 0 spiro atoms. The maximum atomic E-state index is 10.9. The Morgan fingerprint density at radius 3 is 2.55 bits per heavy atom. The van der Waals surface area contributed by atoms with E-state index >= 15 is 0 Å². The van der Waals surface area contributed by atoms with Crippen LogP contribution in [0, 0.1) is 10.1 Å². The lowest BCUT2D eigenvalue weighted by molar-refractivity contribution is -0.384.